The minimum atomic E-state index is -0.742. The van der Waals surface area contributed by atoms with Gasteiger partial charge in [-0.15, -0.1) is 0 Å². The second-order valence-electron chi connectivity index (χ2n) is 13.4. The van der Waals surface area contributed by atoms with Crippen molar-refractivity contribution in [3.63, 3.8) is 0 Å². The Morgan fingerprint density at radius 3 is 2.15 bits per heavy atom. The smallest absolute Gasteiger partial charge is 0.339 e. The average Bonchev–Trinajstić information content (AvgIpc) is 3.43. The summed E-state index contributed by atoms with van der Waals surface area (Å²) in [6.45, 7) is 10.9. The van der Waals surface area contributed by atoms with Gasteiger partial charge in [0, 0.05) is 35.3 Å². The number of esters is 1. The van der Waals surface area contributed by atoms with Gasteiger partial charge in [0.05, 0.1) is 93.2 Å². The van der Waals surface area contributed by atoms with E-state index in [-0.39, 0.29) is 11.2 Å². The number of amides is 1. The van der Waals surface area contributed by atoms with E-state index in [1.54, 1.807) is 30.3 Å². The number of Topliss-reactive ketones (excluding diaryl/α,β-unsaturated/α-hetero) is 1. The summed E-state index contributed by atoms with van der Waals surface area (Å²) in [5.74, 6) is -0.868. The highest BCUT2D eigenvalue weighted by Crippen LogP contribution is 2.37. The van der Waals surface area contributed by atoms with Crippen LogP contribution < -0.4 is 16.8 Å². The number of nitrogens with one attached hydrogen (secondary N) is 1. The maximum atomic E-state index is 12.9. The van der Waals surface area contributed by atoms with Crippen molar-refractivity contribution >= 4 is 45.9 Å². The molecule has 290 valence electrons. The Balaban J connectivity index is 0.989. The minimum Gasteiger partial charge on any atom is -0.443 e. The summed E-state index contributed by atoms with van der Waals surface area (Å²) in [5, 5.41) is 8.00. The summed E-state index contributed by atoms with van der Waals surface area (Å²) in [6, 6.07) is 12.5. The van der Waals surface area contributed by atoms with Gasteiger partial charge in [-0.05, 0) is 84.2 Å². The van der Waals surface area contributed by atoms with E-state index in [1.165, 1.54) is 0 Å². The number of hydrogen-bond donors (Lipinski definition) is 3. The number of primary amides is 1. The fourth-order valence-corrected chi connectivity index (χ4v) is 6.38. The molecule has 0 spiro atoms. The molecule has 1 aromatic heterocycles. The van der Waals surface area contributed by atoms with Crippen LogP contribution in [0.4, 0.5) is 5.69 Å². The van der Waals surface area contributed by atoms with Crippen molar-refractivity contribution < 1.29 is 42.8 Å². The zero-order valence-electron chi connectivity index (χ0n) is 30.8. The van der Waals surface area contributed by atoms with Crippen LogP contribution in [0.15, 0.2) is 42.5 Å². The Morgan fingerprint density at radius 1 is 0.906 bits per heavy atom. The van der Waals surface area contributed by atoms with Crippen LogP contribution in [-0.4, -0.2) is 106 Å². The molecule has 0 saturated carbocycles. The molecule has 1 unspecified atom stereocenters. The Kier molecular flexibility index (Phi) is 17.1. The topological polar surface area (TPSA) is 188 Å². The second-order valence-corrected chi connectivity index (χ2v) is 14.7. The number of benzene rings is 2. The quantitative estimate of drug-likeness (QED) is 0.0498. The van der Waals surface area contributed by atoms with E-state index < -0.39 is 18.1 Å². The van der Waals surface area contributed by atoms with Gasteiger partial charge in [0.15, 0.2) is 12.0 Å². The summed E-state index contributed by atoms with van der Waals surface area (Å²) in [6.07, 6.45) is 1.57. The zero-order valence-corrected chi connectivity index (χ0v) is 33.0. The van der Waals surface area contributed by atoms with Gasteiger partial charge >= 0.3 is 5.97 Å². The van der Waals surface area contributed by atoms with Gasteiger partial charge in [-0.25, -0.2) is 9.48 Å². The van der Waals surface area contributed by atoms with E-state index in [0.717, 1.165) is 21.4 Å². The number of ether oxygens (including phenoxy) is 6. The number of halogens is 1. The molecule has 14 nitrogen and oxygen atoms in total. The number of carbonyl (C=O) groups is 3. The first-order valence-electron chi connectivity index (χ1n) is 17.9. The average molecular weight is 850 g/mol. The molecule has 4 rings (SSSR count). The van der Waals surface area contributed by atoms with Gasteiger partial charge in [0.1, 0.15) is 0 Å². The van der Waals surface area contributed by atoms with Crippen molar-refractivity contribution in [2.75, 3.05) is 77.9 Å². The molecule has 1 aliphatic carbocycles. The van der Waals surface area contributed by atoms with Crippen molar-refractivity contribution in [3.05, 3.63) is 74.1 Å². The Morgan fingerprint density at radius 2 is 1.53 bits per heavy atom. The standard InChI is InChI=1S/C38H52IN5O9/c1-26-35-32(24-38(2,3)25-33(35)45)44(43-26)29-8-9-30(36(41)46)31(23-29)42-11-5-12-48-14-16-50-18-20-52-21-19-51-17-15-49-13-10-34(40)53-37(47)27-6-4-7-28(39)22-27/h4,6-9,22-23,34,42H,5,10-21,24-25,40H2,1-3H3,(H2,41,46). The monoisotopic (exact) mass is 849 g/mol. The van der Waals surface area contributed by atoms with Crippen molar-refractivity contribution in [2.45, 2.75) is 52.7 Å². The van der Waals surface area contributed by atoms with Crippen molar-refractivity contribution in [2.24, 2.45) is 16.9 Å². The molecule has 3 aromatic rings. The summed E-state index contributed by atoms with van der Waals surface area (Å²) in [4.78, 5) is 37.1. The lowest BCUT2D eigenvalue weighted by atomic mass is 9.75. The van der Waals surface area contributed by atoms with Crippen molar-refractivity contribution in [1.29, 1.82) is 0 Å². The number of aromatic nitrogens is 2. The van der Waals surface area contributed by atoms with Crippen LogP contribution in [0, 0.1) is 15.9 Å². The lowest BCUT2D eigenvalue weighted by Gasteiger charge is -2.29. The minimum absolute atomic E-state index is 0.114. The highest BCUT2D eigenvalue weighted by atomic mass is 127. The first-order valence-corrected chi connectivity index (χ1v) is 18.9. The van der Waals surface area contributed by atoms with Crippen LogP contribution >= 0.6 is 22.6 Å². The number of nitrogens with zero attached hydrogens (tertiary/aromatic N) is 2. The maximum absolute atomic E-state index is 12.9. The summed E-state index contributed by atoms with van der Waals surface area (Å²) >= 11 is 2.13. The molecule has 15 heteroatoms. The Labute approximate surface area is 324 Å². The van der Waals surface area contributed by atoms with Crippen LogP contribution in [0.5, 0.6) is 0 Å². The summed E-state index contributed by atoms with van der Waals surface area (Å²) in [7, 11) is 0. The molecule has 1 atom stereocenters. The predicted octanol–water partition coefficient (Wildman–Crippen LogP) is 4.46. The number of nitrogens with two attached hydrogens (primary N) is 2. The molecule has 5 N–H and O–H groups in total. The summed E-state index contributed by atoms with van der Waals surface area (Å²) < 4.78 is 35.8. The lowest BCUT2D eigenvalue weighted by Crippen LogP contribution is -2.28. The molecule has 1 aliphatic rings. The summed E-state index contributed by atoms with van der Waals surface area (Å²) in [5.41, 5.74) is 15.9. The number of fused-ring (bicyclic) bond motifs is 1. The first kappa shape index (κ1) is 42.3. The van der Waals surface area contributed by atoms with E-state index in [0.29, 0.717) is 120 Å². The molecule has 0 fully saturated rings. The third-order valence-electron chi connectivity index (χ3n) is 8.37. The normalized spacial score (nSPS) is 14.2. The van der Waals surface area contributed by atoms with Gasteiger partial charge in [-0.2, -0.15) is 5.10 Å². The van der Waals surface area contributed by atoms with Crippen molar-refractivity contribution in [1.82, 2.24) is 9.78 Å². The number of aryl methyl sites for hydroxylation is 1. The van der Waals surface area contributed by atoms with E-state index in [4.69, 9.17) is 39.9 Å². The van der Waals surface area contributed by atoms with Crippen molar-refractivity contribution in [3.8, 4) is 5.69 Å². The fraction of sp³-hybridized carbons (Fsp3) is 0.526. The first-order chi connectivity index (χ1) is 25.4. The van der Waals surface area contributed by atoms with E-state index in [1.807, 2.05) is 23.7 Å². The lowest BCUT2D eigenvalue weighted by molar-refractivity contribution is -0.0145. The van der Waals surface area contributed by atoms with E-state index in [2.05, 4.69) is 46.9 Å². The molecule has 0 radical (unpaired) electrons. The van der Waals surface area contributed by atoms with Crippen LogP contribution in [0.25, 0.3) is 5.69 Å². The molecule has 1 amide bonds. The molecular formula is C38H52IN5O9. The largest absolute Gasteiger partial charge is 0.443 e. The number of anilines is 1. The van der Waals surface area contributed by atoms with Gasteiger partial charge in [0.2, 0.25) is 0 Å². The Hall–Kier alpha value is -3.45. The van der Waals surface area contributed by atoms with E-state index >= 15 is 0 Å². The number of ketones is 1. The number of carbonyl (C=O) groups excluding carboxylic acids is 3. The van der Waals surface area contributed by atoms with Crippen LogP contribution in [-0.2, 0) is 34.8 Å². The van der Waals surface area contributed by atoms with Crippen LogP contribution in [0.3, 0.4) is 0 Å². The molecule has 0 saturated heterocycles. The molecular weight excluding hydrogens is 797 g/mol. The Bertz CT molecular complexity index is 1660. The molecule has 2 aromatic carbocycles. The van der Waals surface area contributed by atoms with E-state index in [9.17, 15) is 14.4 Å². The highest BCUT2D eigenvalue weighted by Gasteiger charge is 2.35. The van der Waals surface area contributed by atoms with Gasteiger partial charge in [-0.1, -0.05) is 19.9 Å². The number of hydrogen-bond acceptors (Lipinski definition) is 12. The van der Waals surface area contributed by atoms with Gasteiger partial charge in [0.25, 0.3) is 5.91 Å². The fourth-order valence-electron chi connectivity index (χ4n) is 5.84. The maximum Gasteiger partial charge on any atom is 0.339 e. The molecule has 0 bridgehead atoms. The third kappa shape index (κ3) is 13.7. The highest BCUT2D eigenvalue weighted by molar-refractivity contribution is 14.1. The predicted molar refractivity (Wildman–Crippen MR) is 208 cm³/mol. The van der Waals surface area contributed by atoms with Crippen LogP contribution in [0.2, 0.25) is 0 Å². The third-order valence-corrected chi connectivity index (χ3v) is 9.04. The SMILES string of the molecule is Cc1nn(-c2ccc(C(N)=O)c(NCCCOCCOCCOCCOCCOCCC(N)OC(=O)c3cccc(I)c3)c2)c2c1C(=O)CC(C)(C)C2. The number of rotatable bonds is 24. The van der Waals surface area contributed by atoms with Gasteiger partial charge in [-0.3, -0.25) is 15.3 Å². The second kappa shape index (κ2) is 21.4. The zero-order chi connectivity index (χ0) is 38.2. The van der Waals surface area contributed by atoms with Gasteiger partial charge < -0.3 is 39.5 Å². The molecule has 53 heavy (non-hydrogen) atoms. The molecule has 1 heterocycles. The molecule has 0 aliphatic heterocycles. The van der Waals surface area contributed by atoms with Crippen LogP contribution in [0.1, 0.15) is 75.6 Å².